The van der Waals surface area contributed by atoms with Gasteiger partial charge >= 0.3 is 0 Å². The fourth-order valence-electron chi connectivity index (χ4n) is 1.55. The first-order valence-corrected chi connectivity index (χ1v) is 4.96. The van der Waals surface area contributed by atoms with Crippen molar-refractivity contribution in [3.8, 4) is 12.1 Å². The summed E-state index contributed by atoms with van der Waals surface area (Å²) < 4.78 is 0. The van der Waals surface area contributed by atoms with Crippen LogP contribution in [0, 0.1) is 40.4 Å². The Morgan fingerprint density at radius 2 is 1.69 bits per heavy atom. The number of nitriles is 2. The lowest BCUT2D eigenvalue weighted by Gasteiger charge is -2.20. The van der Waals surface area contributed by atoms with Crippen molar-refractivity contribution < 1.29 is 0 Å². The minimum Gasteiger partial charge on any atom is -0.197 e. The second-order valence-corrected chi connectivity index (χ2v) is 3.79. The minimum absolute atomic E-state index is 0.245. The summed E-state index contributed by atoms with van der Waals surface area (Å²) in [4.78, 5) is 0. The van der Waals surface area contributed by atoms with Crippen molar-refractivity contribution in [1.29, 1.82) is 10.5 Å². The Morgan fingerprint density at radius 1 is 1.15 bits per heavy atom. The highest BCUT2D eigenvalue weighted by Gasteiger charge is 2.23. The molecule has 0 N–H and O–H groups in total. The van der Waals surface area contributed by atoms with Gasteiger partial charge in [0.15, 0.2) is 0 Å². The molecule has 0 rings (SSSR count). The van der Waals surface area contributed by atoms with Crippen LogP contribution in [0.2, 0.25) is 0 Å². The van der Waals surface area contributed by atoms with Crippen molar-refractivity contribution >= 4 is 0 Å². The van der Waals surface area contributed by atoms with E-state index in [0.29, 0.717) is 5.92 Å². The lowest BCUT2D eigenvalue weighted by Crippen LogP contribution is -2.17. The van der Waals surface area contributed by atoms with Crippen LogP contribution in [-0.4, -0.2) is 0 Å². The summed E-state index contributed by atoms with van der Waals surface area (Å²) in [5.74, 6) is 0.248. The third-order valence-electron chi connectivity index (χ3n) is 2.45. The molecule has 0 saturated carbocycles. The van der Waals surface area contributed by atoms with Crippen molar-refractivity contribution in [1.82, 2.24) is 0 Å². The normalized spacial score (nSPS) is 12.5. The van der Waals surface area contributed by atoms with Crippen molar-refractivity contribution in [2.75, 3.05) is 0 Å². The molecule has 72 valence electrons. The SMILES string of the molecule is CCCCC(C(C)C)C(C#N)C#N. The van der Waals surface area contributed by atoms with E-state index in [0.717, 1.165) is 19.3 Å². The summed E-state index contributed by atoms with van der Waals surface area (Å²) in [6.07, 6.45) is 3.25. The van der Waals surface area contributed by atoms with E-state index in [1.807, 2.05) is 0 Å². The van der Waals surface area contributed by atoms with Gasteiger partial charge in [0.2, 0.25) is 0 Å². The molecule has 0 spiro atoms. The number of rotatable bonds is 5. The molecule has 2 heteroatoms. The zero-order valence-corrected chi connectivity index (χ0v) is 8.75. The van der Waals surface area contributed by atoms with Crippen molar-refractivity contribution in [2.24, 2.45) is 17.8 Å². The van der Waals surface area contributed by atoms with Gasteiger partial charge in [-0.2, -0.15) is 10.5 Å². The number of unbranched alkanes of at least 4 members (excludes halogenated alkanes) is 1. The quantitative estimate of drug-likeness (QED) is 0.649. The van der Waals surface area contributed by atoms with E-state index >= 15 is 0 Å². The van der Waals surface area contributed by atoms with Gasteiger partial charge in [0, 0.05) is 0 Å². The van der Waals surface area contributed by atoms with Crippen molar-refractivity contribution in [2.45, 2.75) is 40.0 Å². The molecule has 0 fully saturated rings. The first kappa shape index (κ1) is 12.0. The molecule has 0 aromatic rings. The van der Waals surface area contributed by atoms with Crippen molar-refractivity contribution in [3.05, 3.63) is 0 Å². The summed E-state index contributed by atoms with van der Waals surface area (Å²) in [5, 5.41) is 17.5. The molecule has 13 heavy (non-hydrogen) atoms. The summed E-state index contributed by atoms with van der Waals surface area (Å²) in [7, 11) is 0. The van der Waals surface area contributed by atoms with Crippen molar-refractivity contribution in [3.63, 3.8) is 0 Å². The maximum absolute atomic E-state index is 8.77. The van der Waals surface area contributed by atoms with Crippen LogP contribution in [0.25, 0.3) is 0 Å². The van der Waals surface area contributed by atoms with Crippen LogP contribution < -0.4 is 0 Å². The lowest BCUT2D eigenvalue weighted by atomic mass is 9.81. The Balaban J connectivity index is 4.26. The largest absolute Gasteiger partial charge is 0.197 e. The predicted molar refractivity (Wildman–Crippen MR) is 52.6 cm³/mol. The fourth-order valence-corrected chi connectivity index (χ4v) is 1.55. The van der Waals surface area contributed by atoms with Crippen LogP contribution in [0.4, 0.5) is 0 Å². The van der Waals surface area contributed by atoms with Crippen LogP contribution >= 0.6 is 0 Å². The van der Waals surface area contributed by atoms with Gasteiger partial charge in [0.25, 0.3) is 0 Å². The summed E-state index contributed by atoms with van der Waals surface area (Å²) >= 11 is 0. The third kappa shape index (κ3) is 3.95. The second-order valence-electron chi connectivity index (χ2n) is 3.79. The van der Waals surface area contributed by atoms with Crippen LogP contribution in [0.5, 0.6) is 0 Å². The molecular weight excluding hydrogens is 160 g/mol. The summed E-state index contributed by atoms with van der Waals surface area (Å²) in [6, 6.07) is 4.16. The zero-order chi connectivity index (χ0) is 10.3. The maximum atomic E-state index is 8.77. The molecular formula is C11H18N2. The minimum atomic E-state index is -0.424. The van der Waals surface area contributed by atoms with Crippen LogP contribution in [-0.2, 0) is 0 Å². The number of hydrogen-bond donors (Lipinski definition) is 0. The van der Waals surface area contributed by atoms with Gasteiger partial charge < -0.3 is 0 Å². The van der Waals surface area contributed by atoms with Crippen LogP contribution in [0.15, 0.2) is 0 Å². The maximum Gasteiger partial charge on any atom is 0.136 e. The number of nitrogens with zero attached hydrogens (tertiary/aromatic N) is 2. The summed E-state index contributed by atoms with van der Waals surface area (Å²) in [6.45, 7) is 6.30. The lowest BCUT2D eigenvalue weighted by molar-refractivity contribution is 0.313. The van der Waals surface area contributed by atoms with Gasteiger partial charge in [-0.1, -0.05) is 33.6 Å². The molecule has 0 aromatic heterocycles. The average Bonchev–Trinajstić information content (AvgIpc) is 2.11. The molecule has 0 amide bonds. The third-order valence-corrected chi connectivity index (χ3v) is 2.45. The Kier molecular flexibility index (Phi) is 5.98. The molecule has 0 heterocycles. The molecule has 2 nitrogen and oxygen atoms in total. The van der Waals surface area contributed by atoms with Crippen LogP contribution in [0.1, 0.15) is 40.0 Å². The first-order chi connectivity index (χ1) is 6.17. The Hall–Kier alpha value is -1.02. The molecule has 0 bridgehead atoms. The first-order valence-electron chi connectivity index (χ1n) is 4.96. The van der Waals surface area contributed by atoms with Gasteiger partial charge in [-0.3, -0.25) is 0 Å². The molecule has 0 radical (unpaired) electrons. The fraction of sp³-hybridized carbons (Fsp3) is 0.818. The smallest absolute Gasteiger partial charge is 0.136 e. The Morgan fingerprint density at radius 3 is 2.00 bits per heavy atom. The van der Waals surface area contributed by atoms with Gasteiger partial charge in [-0.25, -0.2) is 0 Å². The van der Waals surface area contributed by atoms with Gasteiger partial charge in [0.05, 0.1) is 12.1 Å². The molecule has 0 aromatic carbocycles. The molecule has 1 atom stereocenters. The highest BCUT2D eigenvalue weighted by Crippen LogP contribution is 2.25. The molecule has 0 saturated heterocycles. The topological polar surface area (TPSA) is 47.6 Å². The average molecular weight is 178 g/mol. The summed E-state index contributed by atoms with van der Waals surface area (Å²) in [5.41, 5.74) is 0. The molecule has 1 unspecified atom stereocenters. The Labute approximate surface area is 81.2 Å². The standard InChI is InChI=1S/C11H18N2/c1-4-5-6-11(9(2)3)10(7-12)8-13/h9-11H,4-6H2,1-3H3. The van der Waals surface area contributed by atoms with Gasteiger partial charge in [0.1, 0.15) is 5.92 Å². The molecule has 0 aliphatic rings. The van der Waals surface area contributed by atoms with E-state index in [4.69, 9.17) is 10.5 Å². The highest BCUT2D eigenvalue weighted by atomic mass is 14.4. The second kappa shape index (κ2) is 6.49. The van der Waals surface area contributed by atoms with E-state index < -0.39 is 5.92 Å². The van der Waals surface area contributed by atoms with Crippen LogP contribution in [0.3, 0.4) is 0 Å². The Bertz CT molecular complexity index is 193. The number of hydrogen-bond acceptors (Lipinski definition) is 2. The highest BCUT2D eigenvalue weighted by molar-refractivity contribution is 5.03. The van der Waals surface area contributed by atoms with Gasteiger partial charge in [-0.15, -0.1) is 0 Å². The van der Waals surface area contributed by atoms with E-state index in [-0.39, 0.29) is 5.92 Å². The van der Waals surface area contributed by atoms with Gasteiger partial charge in [-0.05, 0) is 18.3 Å². The predicted octanol–water partition coefficient (Wildman–Crippen LogP) is 3.11. The molecule has 0 aliphatic carbocycles. The van der Waals surface area contributed by atoms with E-state index in [1.165, 1.54) is 0 Å². The van der Waals surface area contributed by atoms with E-state index in [1.54, 1.807) is 0 Å². The van der Waals surface area contributed by atoms with E-state index in [9.17, 15) is 0 Å². The zero-order valence-electron chi connectivity index (χ0n) is 8.75. The monoisotopic (exact) mass is 178 g/mol. The van der Waals surface area contributed by atoms with E-state index in [2.05, 4.69) is 32.9 Å². The molecule has 0 aliphatic heterocycles.